The van der Waals surface area contributed by atoms with Crippen LogP contribution in [0.2, 0.25) is 0 Å². The second-order valence-electron chi connectivity index (χ2n) is 6.25. The molecule has 0 aliphatic rings. The molecule has 0 saturated heterocycles. The number of sulfonamides is 1. The van der Waals surface area contributed by atoms with Crippen molar-refractivity contribution in [3.05, 3.63) is 29.8 Å². The Morgan fingerprint density at radius 1 is 1.17 bits per heavy atom. The third-order valence-corrected chi connectivity index (χ3v) is 5.86. The molecule has 6 nitrogen and oxygen atoms in total. The van der Waals surface area contributed by atoms with Crippen molar-refractivity contribution in [1.29, 1.82) is 0 Å². The van der Waals surface area contributed by atoms with Gasteiger partial charge in [0, 0.05) is 19.6 Å². The van der Waals surface area contributed by atoms with Crippen LogP contribution in [-0.4, -0.2) is 37.8 Å². The molecule has 1 rings (SSSR count). The predicted molar refractivity (Wildman–Crippen MR) is 91.2 cm³/mol. The Kier molecular flexibility index (Phi) is 6.73. The van der Waals surface area contributed by atoms with Crippen LogP contribution in [0.4, 0.5) is 0 Å². The summed E-state index contributed by atoms with van der Waals surface area (Å²) in [6.45, 7) is 7.72. The summed E-state index contributed by atoms with van der Waals surface area (Å²) in [4.78, 5) is 12.0. The minimum atomic E-state index is -3.48. The third-order valence-electron chi connectivity index (χ3n) is 3.82. The monoisotopic (exact) mass is 341 g/mol. The number of amides is 1. The van der Waals surface area contributed by atoms with Crippen molar-refractivity contribution in [1.82, 2.24) is 9.62 Å². The molecule has 7 heteroatoms. The Hall–Kier alpha value is -1.44. The maximum absolute atomic E-state index is 12.4. The highest BCUT2D eigenvalue weighted by Crippen LogP contribution is 2.17. The van der Waals surface area contributed by atoms with Gasteiger partial charge in [-0.3, -0.25) is 4.79 Å². The number of hydrogen-bond acceptors (Lipinski definition) is 4. The summed E-state index contributed by atoms with van der Waals surface area (Å²) in [6.07, 6.45) is 0. The zero-order chi connectivity index (χ0) is 17.8. The number of benzene rings is 1. The van der Waals surface area contributed by atoms with E-state index in [-0.39, 0.29) is 22.8 Å². The number of carbonyl (C=O) groups excluding carboxylic acids is 1. The molecule has 1 aromatic rings. The maximum Gasteiger partial charge on any atom is 0.243 e. The molecule has 23 heavy (non-hydrogen) atoms. The number of rotatable bonds is 7. The van der Waals surface area contributed by atoms with Crippen LogP contribution in [0, 0.1) is 5.92 Å². The minimum absolute atomic E-state index is 0.0640. The quantitative estimate of drug-likeness (QED) is 0.782. The summed E-state index contributed by atoms with van der Waals surface area (Å²) >= 11 is 0. The van der Waals surface area contributed by atoms with Gasteiger partial charge in [-0.15, -0.1) is 0 Å². The van der Waals surface area contributed by atoms with Crippen LogP contribution in [-0.2, 0) is 21.4 Å². The number of nitrogens with zero attached hydrogens (tertiary/aromatic N) is 1. The number of nitrogens with two attached hydrogens (primary N) is 1. The van der Waals surface area contributed by atoms with Crippen LogP contribution in [0.1, 0.15) is 33.3 Å². The molecule has 0 radical (unpaired) electrons. The summed E-state index contributed by atoms with van der Waals surface area (Å²) in [5, 5.41) is 2.76. The van der Waals surface area contributed by atoms with Gasteiger partial charge in [-0.05, 0) is 37.5 Å². The SMILES string of the molecule is CC(C)[C@H](N)C(=O)NCc1ccc(S(=O)(=O)N(C)C(C)C)cc1. The van der Waals surface area contributed by atoms with E-state index in [4.69, 9.17) is 5.73 Å². The molecular formula is C16H27N3O3S. The lowest BCUT2D eigenvalue weighted by molar-refractivity contribution is -0.123. The van der Waals surface area contributed by atoms with Gasteiger partial charge >= 0.3 is 0 Å². The Morgan fingerprint density at radius 3 is 2.13 bits per heavy atom. The topological polar surface area (TPSA) is 92.5 Å². The normalized spacial score (nSPS) is 13.6. The fourth-order valence-electron chi connectivity index (χ4n) is 1.83. The highest BCUT2D eigenvalue weighted by atomic mass is 32.2. The van der Waals surface area contributed by atoms with Crippen LogP contribution in [0.5, 0.6) is 0 Å². The number of nitrogens with one attached hydrogen (secondary N) is 1. The van der Waals surface area contributed by atoms with Crippen molar-refractivity contribution < 1.29 is 13.2 Å². The molecule has 130 valence electrons. The van der Waals surface area contributed by atoms with Gasteiger partial charge in [0.1, 0.15) is 0 Å². The highest BCUT2D eigenvalue weighted by molar-refractivity contribution is 7.89. The maximum atomic E-state index is 12.4. The molecule has 0 aliphatic heterocycles. The van der Waals surface area contributed by atoms with Gasteiger partial charge < -0.3 is 11.1 Å². The summed E-state index contributed by atoms with van der Waals surface area (Å²) in [6, 6.07) is 5.84. The first-order chi connectivity index (χ1) is 10.6. The molecule has 3 N–H and O–H groups in total. The van der Waals surface area contributed by atoms with Crippen LogP contribution >= 0.6 is 0 Å². The van der Waals surface area contributed by atoms with Gasteiger partial charge in [0.05, 0.1) is 10.9 Å². The Labute approximate surface area is 139 Å². The van der Waals surface area contributed by atoms with Crippen molar-refractivity contribution in [2.45, 2.75) is 51.2 Å². The van der Waals surface area contributed by atoms with E-state index in [1.54, 1.807) is 31.3 Å². The average molecular weight is 341 g/mol. The van der Waals surface area contributed by atoms with Crippen molar-refractivity contribution >= 4 is 15.9 Å². The van der Waals surface area contributed by atoms with Gasteiger partial charge in [-0.25, -0.2) is 8.42 Å². The number of carbonyl (C=O) groups is 1. The largest absolute Gasteiger partial charge is 0.351 e. The summed E-state index contributed by atoms with van der Waals surface area (Å²) in [5.41, 5.74) is 6.59. The van der Waals surface area contributed by atoms with E-state index in [9.17, 15) is 13.2 Å². The average Bonchev–Trinajstić information content (AvgIpc) is 2.51. The molecule has 0 unspecified atom stereocenters. The summed E-state index contributed by atoms with van der Waals surface area (Å²) in [7, 11) is -1.93. The van der Waals surface area contributed by atoms with Crippen molar-refractivity contribution in [3.8, 4) is 0 Å². The second-order valence-corrected chi connectivity index (χ2v) is 8.24. The van der Waals surface area contributed by atoms with Crippen LogP contribution in [0.15, 0.2) is 29.2 Å². The van der Waals surface area contributed by atoms with E-state index in [2.05, 4.69) is 5.32 Å². The van der Waals surface area contributed by atoms with Crippen molar-refractivity contribution in [2.75, 3.05) is 7.05 Å². The first-order valence-electron chi connectivity index (χ1n) is 7.67. The second kappa shape index (κ2) is 7.90. The molecule has 0 aliphatic carbocycles. The lowest BCUT2D eigenvalue weighted by Crippen LogP contribution is -2.43. The molecular weight excluding hydrogens is 314 g/mol. The standard InChI is InChI=1S/C16H27N3O3S/c1-11(2)15(17)16(20)18-10-13-6-8-14(9-7-13)23(21,22)19(5)12(3)4/h6-9,11-12,15H,10,17H2,1-5H3,(H,18,20)/t15-/m0/s1. The molecule has 1 amide bonds. The van der Waals surface area contributed by atoms with Crippen molar-refractivity contribution in [2.24, 2.45) is 11.7 Å². The van der Waals surface area contributed by atoms with E-state index in [1.807, 2.05) is 27.7 Å². The van der Waals surface area contributed by atoms with E-state index < -0.39 is 16.1 Å². The lowest BCUT2D eigenvalue weighted by atomic mass is 10.0. The minimum Gasteiger partial charge on any atom is -0.351 e. The summed E-state index contributed by atoms with van der Waals surface area (Å²) < 4.78 is 26.0. The Morgan fingerprint density at radius 2 is 1.70 bits per heavy atom. The van der Waals surface area contributed by atoms with Crippen molar-refractivity contribution in [3.63, 3.8) is 0 Å². The number of hydrogen-bond donors (Lipinski definition) is 2. The summed E-state index contributed by atoms with van der Waals surface area (Å²) in [5.74, 6) is -0.148. The molecule has 0 heterocycles. The molecule has 0 saturated carbocycles. The van der Waals surface area contributed by atoms with Crippen LogP contribution in [0.3, 0.4) is 0 Å². The van der Waals surface area contributed by atoms with E-state index in [0.29, 0.717) is 6.54 Å². The Balaban J connectivity index is 2.76. The smallest absolute Gasteiger partial charge is 0.243 e. The molecule has 0 bridgehead atoms. The van der Waals surface area contributed by atoms with Crippen LogP contribution in [0.25, 0.3) is 0 Å². The van der Waals surface area contributed by atoms with Gasteiger partial charge in [0.2, 0.25) is 15.9 Å². The Bertz CT molecular complexity index is 624. The molecule has 0 fully saturated rings. The highest BCUT2D eigenvalue weighted by Gasteiger charge is 2.23. The zero-order valence-electron chi connectivity index (χ0n) is 14.4. The molecule has 0 spiro atoms. The van der Waals surface area contributed by atoms with Crippen LogP contribution < -0.4 is 11.1 Å². The van der Waals surface area contributed by atoms with E-state index in [1.165, 1.54) is 4.31 Å². The fraction of sp³-hybridized carbons (Fsp3) is 0.562. The molecule has 1 aromatic carbocycles. The predicted octanol–water partition coefficient (Wildman–Crippen LogP) is 1.32. The van der Waals surface area contributed by atoms with Gasteiger partial charge in [-0.1, -0.05) is 26.0 Å². The van der Waals surface area contributed by atoms with Gasteiger partial charge in [0.25, 0.3) is 0 Å². The first kappa shape index (κ1) is 19.6. The molecule has 0 aromatic heterocycles. The third kappa shape index (κ3) is 5.02. The van der Waals surface area contributed by atoms with E-state index in [0.717, 1.165) is 5.56 Å². The fourth-order valence-corrected chi connectivity index (χ4v) is 3.20. The molecule has 1 atom stereocenters. The van der Waals surface area contributed by atoms with Gasteiger partial charge in [0.15, 0.2) is 0 Å². The zero-order valence-corrected chi connectivity index (χ0v) is 15.2. The van der Waals surface area contributed by atoms with Gasteiger partial charge in [-0.2, -0.15) is 4.31 Å². The lowest BCUT2D eigenvalue weighted by Gasteiger charge is -2.21. The first-order valence-corrected chi connectivity index (χ1v) is 9.11. The van der Waals surface area contributed by atoms with E-state index >= 15 is 0 Å².